The lowest BCUT2D eigenvalue weighted by molar-refractivity contribution is -0.136. The topological polar surface area (TPSA) is 134 Å². The van der Waals surface area contributed by atoms with Gasteiger partial charge in [-0.05, 0) is 51.1 Å². The van der Waals surface area contributed by atoms with Crippen LogP contribution in [-0.4, -0.2) is 82.1 Å². The molecule has 0 spiro atoms. The Hall–Kier alpha value is -5.00. The number of imide groups is 1. The summed E-state index contributed by atoms with van der Waals surface area (Å²) in [5.74, 6) is -1.50. The van der Waals surface area contributed by atoms with E-state index < -0.39 is 23.8 Å². The number of amides is 5. The minimum atomic E-state index is -0.634. The van der Waals surface area contributed by atoms with Crippen molar-refractivity contribution in [2.24, 2.45) is 0 Å². The van der Waals surface area contributed by atoms with E-state index in [1.54, 1.807) is 79.2 Å². The fourth-order valence-electron chi connectivity index (χ4n) is 4.91. The number of rotatable bonds is 6. The number of piperazine rings is 1. The first-order chi connectivity index (χ1) is 19.7. The lowest BCUT2D eigenvalue weighted by Gasteiger charge is -2.35. The highest BCUT2D eigenvalue weighted by atomic mass is 16.6. The highest BCUT2D eigenvalue weighted by Gasteiger charge is 2.36. The number of nitrogens with zero attached hydrogens (tertiary/aromatic N) is 5. The van der Waals surface area contributed by atoms with Crippen molar-refractivity contribution in [1.29, 1.82) is 0 Å². The summed E-state index contributed by atoms with van der Waals surface area (Å²) in [6.07, 6.45) is 1.21. The Morgan fingerprint density at radius 2 is 1.59 bits per heavy atom. The molecule has 3 heterocycles. The minimum Gasteiger partial charge on any atom is -0.450 e. The molecule has 3 aromatic rings. The van der Waals surface area contributed by atoms with Gasteiger partial charge in [0.2, 0.25) is 5.91 Å². The number of nitrogens with one attached hydrogen (secondary N) is 1. The van der Waals surface area contributed by atoms with Gasteiger partial charge in [-0.25, -0.2) is 9.69 Å². The zero-order valence-electron chi connectivity index (χ0n) is 23.0. The molecule has 0 radical (unpaired) electrons. The normalized spacial score (nSPS) is 15.5. The maximum Gasteiger partial charge on any atom is 0.409 e. The number of benzene rings is 2. The van der Waals surface area contributed by atoms with Crippen LogP contribution in [0, 0.1) is 6.92 Å². The molecule has 12 nitrogen and oxygen atoms in total. The SMILES string of the molecule is CCOC(=O)N1CCN(C(=O)C(C)n2cc(NC(=O)c3cccc(N4C(=O)c5ccccc5C4=O)c3)c(C)n2)CC1. The Morgan fingerprint density at radius 1 is 0.951 bits per heavy atom. The first-order valence-corrected chi connectivity index (χ1v) is 13.3. The monoisotopic (exact) mass is 558 g/mol. The molecule has 2 aromatic carbocycles. The first-order valence-electron chi connectivity index (χ1n) is 13.3. The Labute approximate surface area is 236 Å². The molecule has 12 heteroatoms. The molecule has 0 bridgehead atoms. The van der Waals surface area contributed by atoms with Crippen molar-refractivity contribution in [2.45, 2.75) is 26.8 Å². The summed E-state index contributed by atoms with van der Waals surface area (Å²) < 4.78 is 6.53. The second-order valence-corrected chi connectivity index (χ2v) is 9.79. The minimum absolute atomic E-state index is 0.150. The number of carbonyl (C=O) groups is 5. The van der Waals surface area contributed by atoms with Crippen LogP contribution in [0.1, 0.15) is 56.7 Å². The fourth-order valence-corrected chi connectivity index (χ4v) is 4.91. The quantitative estimate of drug-likeness (QED) is 0.460. The van der Waals surface area contributed by atoms with Crippen molar-refractivity contribution in [3.63, 3.8) is 0 Å². The molecule has 1 saturated heterocycles. The van der Waals surface area contributed by atoms with Crippen LogP contribution in [0.5, 0.6) is 0 Å². The van der Waals surface area contributed by atoms with Crippen molar-refractivity contribution in [2.75, 3.05) is 43.0 Å². The molecule has 41 heavy (non-hydrogen) atoms. The van der Waals surface area contributed by atoms with Gasteiger partial charge in [-0.15, -0.1) is 0 Å². The number of aryl methyl sites for hydroxylation is 1. The van der Waals surface area contributed by atoms with Crippen LogP contribution >= 0.6 is 0 Å². The molecule has 1 aromatic heterocycles. The van der Waals surface area contributed by atoms with E-state index in [0.29, 0.717) is 61.0 Å². The maximum absolute atomic E-state index is 13.2. The van der Waals surface area contributed by atoms with Gasteiger partial charge < -0.3 is 19.9 Å². The third-order valence-corrected chi connectivity index (χ3v) is 7.20. The zero-order valence-corrected chi connectivity index (χ0v) is 23.0. The summed E-state index contributed by atoms with van der Waals surface area (Å²) in [5, 5.41) is 7.25. The van der Waals surface area contributed by atoms with E-state index in [-0.39, 0.29) is 17.6 Å². The number of ether oxygens (including phenoxy) is 1. The summed E-state index contributed by atoms with van der Waals surface area (Å²) in [7, 11) is 0. The van der Waals surface area contributed by atoms with Crippen molar-refractivity contribution in [3.05, 3.63) is 77.1 Å². The average Bonchev–Trinajstić information content (AvgIpc) is 3.48. The van der Waals surface area contributed by atoms with E-state index in [9.17, 15) is 24.0 Å². The third-order valence-electron chi connectivity index (χ3n) is 7.20. The van der Waals surface area contributed by atoms with Crippen LogP contribution in [0.25, 0.3) is 0 Å². The smallest absolute Gasteiger partial charge is 0.409 e. The number of hydrogen-bond acceptors (Lipinski definition) is 7. The summed E-state index contributed by atoms with van der Waals surface area (Å²) in [6.45, 7) is 7.03. The van der Waals surface area contributed by atoms with Gasteiger partial charge in [-0.1, -0.05) is 18.2 Å². The second kappa shape index (κ2) is 11.2. The predicted molar refractivity (Wildman–Crippen MR) is 149 cm³/mol. The van der Waals surface area contributed by atoms with E-state index in [1.807, 2.05) is 0 Å². The molecule has 1 unspecified atom stereocenters. The van der Waals surface area contributed by atoms with Gasteiger partial charge >= 0.3 is 6.09 Å². The summed E-state index contributed by atoms with van der Waals surface area (Å²) in [5.41, 5.74) is 2.11. The molecular weight excluding hydrogens is 528 g/mol. The van der Waals surface area contributed by atoms with Gasteiger partial charge in [-0.2, -0.15) is 5.10 Å². The van der Waals surface area contributed by atoms with Crippen molar-refractivity contribution >= 4 is 41.1 Å². The van der Waals surface area contributed by atoms with E-state index in [4.69, 9.17) is 4.74 Å². The molecule has 5 rings (SSSR count). The Kier molecular flexibility index (Phi) is 7.56. The van der Waals surface area contributed by atoms with Crippen LogP contribution in [0.15, 0.2) is 54.7 Å². The number of anilines is 2. The van der Waals surface area contributed by atoms with E-state index in [2.05, 4.69) is 10.4 Å². The molecule has 0 aliphatic carbocycles. The standard InChI is InChI=1S/C29H30N6O6/c1-4-41-29(40)33-14-12-32(13-15-33)26(37)19(3)34-17-24(18(2)31-34)30-25(36)20-8-7-9-21(16-20)35-27(38)22-10-5-6-11-23(22)28(35)39/h5-11,16-17,19H,4,12-15H2,1-3H3,(H,30,36). The van der Waals surface area contributed by atoms with E-state index >= 15 is 0 Å². The van der Waals surface area contributed by atoms with E-state index in [0.717, 1.165) is 4.90 Å². The van der Waals surface area contributed by atoms with Crippen LogP contribution in [0.4, 0.5) is 16.2 Å². The van der Waals surface area contributed by atoms with Gasteiger partial charge in [-0.3, -0.25) is 23.9 Å². The molecule has 1 atom stereocenters. The van der Waals surface area contributed by atoms with Crippen LogP contribution in [0.3, 0.4) is 0 Å². The Bertz CT molecular complexity index is 1500. The number of aromatic nitrogens is 2. The number of fused-ring (bicyclic) bond motifs is 1. The van der Waals surface area contributed by atoms with Gasteiger partial charge in [0, 0.05) is 37.9 Å². The third kappa shape index (κ3) is 5.28. The van der Waals surface area contributed by atoms with Gasteiger partial charge in [0.15, 0.2) is 0 Å². The molecule has 2 aliphatic rings. The maximum atomic E-state index is 13.2. The Balaban J connectivity index is 1.25. The number of hydrogen-bond donors (Lipinski definition) is 1. The van der Waals surface area contributed by atoms with Crippen molar-refractivity contribution in [1.82, 2.24) is 19.6 Å². The van der Waals surface area contributed by atoms with Crippen molar-refractivity contribution < 1.29 is 28.7 Å². The highest BCUT2D eigenvalue weighted by Crippen LogP contribution is 2.29. The molecular formula is C29H30N6O6. The van der Waals surface area contributed by atoms with Crippen molar-refractivity contribution in [3.8, 4) is 0 Å². The molecule has 0 saturated carbocycles. The van der Waals surface area contributed by atoms with Crippen LogP contribution in [0.2, 0.25) is 0 Å². The summed E-state index contributed by atoms with van der Waals surface area (Å²) in [4.78, 5) is 68.3. The lowest BCUT2D eigenvalue weighted by Crippen LogP contribution is -2.52. The zero-order chi connectivity index (χ0) is 29.3. The molecule has 1 N–H and O–H groups in total. The largest absolute Gasteiger partial charge is 0.450 e. The van der Waals surface area contributed by atoms with Gasteiger partial charge in [0.05, 0.1) is 34.8 Å². The second-order valence-electron chi connectivity index (χ2n) is 9.79. The molecule has 5 amide bonds. The average molecular weight is 559 g/mol. The summed E-state index contributed by atoms with van der Waals surface area (Å²) >= 11 is 0. The van der Waals surface area contributed by atoms with E-state index in [1.165, 1.54) is 10.7 Å². The molecule has 212 valence electrons. The van der Waals surface area contributed by atoms with Crippen LogP contribution < -0.4 is 10.2 Å². The Morgan fingerprint density at radius 3 is 2.22 bits per heavy atom. The van der Waals surface area contributed by atoms with Gasteiger partial charge in [0.1, 0.15) is 6.04 Å². The fraction of sp³-hybridized carbons (Fsp3) is 0.310. The predicted octanol–water partition coefficient (Wildman–Crippen LogP) is 3.11. The number of carbonyl (C=O) groups excluding carboxylic acids is 5. The summed E-state index contributed by atoms with van der Waals surface area (Å²) in [6, 6.07) is 12.2. The molecule has 1 fully saturated rings. The lowest BCUT2D eigenvalue weighted by atomic mass is 10.1. The highest BCUT2D eigenvalue weighted by molar-refractivity contribution is 6.34. The first kappa shape index (κ1) is 27.6. The van der Waals surface area contributed by atoms with Gasteiger partial charge in [0.25, 0.3) is 17.7 Å². The van der Waals surface area contributed by atoms with Crippen LogP contribution in [-0.2, 0) is 9.53 Å². The molecule has 2 aliphatic heterocycles.